The van der Waals surface area contributed by atoms with Crippen molar-refractivity contribution >= 4 is 5.91 Å². The van der Waals surface area contributed by atoms with Crippen LogP contribution in [0.4, 0.5) is 0 Å². The van der Waals surface area contributed by atoms with Crippen molar-refractivity contribution < 1.29 is 14.1 Å². The van der Waals surface area contributed by atoms with E-state index in [0.29, 0.717) is 42.8 Å². The van der Waals surface area contributed by atoms with E-state index in [1.54, 1.807) is 7.11 Å². The number of amides is 1. The SMILES string of the molecule is COc1ccccc1-c1noc(CCC(=O)NCCN2CCCC(c3ccccc3)C2)n1. The lowest BCUT2D eigenvalue weighted by Gasteiger charge is -2.33. The fourth-order valence-corrected chi connectivity index (χ4v) is 4.21. The fourth-order valence-electron chi connectivity index (χ4n) is 4.21. The third kappa shape index (κ3) is 5.73. The molecule has 1 atom stereocenters. The maximum absolute atomic E-state index is 12.3. The van der Waals surface area contributed by atoms with E-state index in [0.717, 1.165) is 25.2 Å². The zero-order valence-electron chi connectivity index (χ0n) is 18.5. The Morgan fingerprint density at radius 3 is 2.84 bits per heavy atom. The molecule has 1 aliphatic rings. The van der Waals surface area contributed by atoms with Gasteiger partial charge in [-0.25, -0.2) is 0 Å². The molecule has 0 spiro atoms. The number of hydrogen-bond acceptors (Lipinski definition) is 6. The van der Waals surface area contributed by atoms with Gasteiger partial charge in [0.15, 0.2) is 0 Å². The summed E-state index contributed by atoms with van der Waals surface area (Å²) < 4.78 is 10.7. The number of nitrogens with zero attached hydrogens (tertiary/aromatic N) is 3. The summed E-state index contributed by atoms with van der Waals surface area (Å²) in [5, 5.41) is 7.04. The van der Waals surface area contributed by atoms with Gasteiger partial charge in [0.1, 0.15) is 5.75 Å². The third-order valence-electron chi connectivity index (χ3n) is 5.91. The summed E-state index contributed by atoms with van der Waals surface area (Å²) >= 11 is 0. The molecule has 0 saturated carbocycles. The zero-order valence-corrected chi connectivity index (χ0v) is 18.5. The molecule has 1 aliphatic heterocycles. The van der Waals surface area contributed by atoms with E-state index < -0.39 is 0 Å². The Morgan fingerprint density at radius 2 is 2.00 bits per heavy atom. The van der Waals surface area contributed by atoms with Crippen LogP contribution in [0, 0.1) is 0 Å². The van der Waals surface area contributed by atoms with Crippen LogP contribution >= 0.6 is 0 Å². The average molecular weight is 435 g/mol. The number of carbonyl (C=O) groups excluding carboxylic acids is 1. The van der Waals surface area contributed by atoms with Crippen molar-refractivity contribution in [1.29, 1.82) is 0 Å². The Morgan fingerprint density at radius 1 is 1.19 bits per heavy atom. The van der Waals surface area contributed by atoms with Gasteiger partial charge in [-0.1, -0.05) is 47.6 Å². The topological polar surface area (TPSA) is 80.5 Å². The molecular formula is C25H30N4O3. The van der Waals surface area contributed by atoms with Crippen molar-refractivity contribution in [2.75, 3.05) is 33.3 Å². The summed E-state index contributed by atoms with van der Waals surface area (Å²) in [5.74, 6) is 2.18. The molecule has 1 aromatic heterocycles. The van der Waals surface area contributed by atoms with Crippen molar-refractivity contribution in [3.63, 3.8) is 0 Å². The van der Waals surface area contributed by atoms with Crippen LogP contribution in [0.3, 0.4) is 0 Å². The molecule has 2 heterocycles. The normalized spacial score (nSPS) is 16.6. The molecule has 7 nitrogen and oxygen atoms in total. The van der Waals surface area contributed by atoms with E-state index in [1.807, 2.05) is 24.3 Å². The molecule has 7 heteroatoms. The number of piperidine rings is 1. The molecule has 1 saturated heterocycles. The summed E-state index contributed by atoms with van der Waals surface area (Å²) in [5.41, 5.74) is 2.18. The van der Waals surface area contributed by atoms with Crippen LogP contribution in [-0.4, -0.2) is 54.2 Å². The van der Waals surface area contributed by atoms with E-state index in [2.05, 4.69) is 50.7 Å². The van der Waals surface area contributed by atoms with Gasteiger partial charge in [0.05, 0.1) is 12.7 Å². The van der Waals surface area contributed by atoms with Crippen LogP contribution in [0.2, 0.25) is 0 Å². The van der Waals surface area contributed by atoms with Gasteiger partial charge in [0, 0.05) is 32.5 Å². The molecule has 0 aliphatic carbocycles. The van der Waals surface area contributed by atoms with Gasteiger partial charge in [-0.15, -0.1) is 0 Å². The highest BCUT2D eigenvalue weighted by molar-refractivity contribution is 5.76. The number of benzene rings is 2. The van der Waals surface area contributed by atoms with Crippen LogP contribution < -0.4 is 10.1 Å². The second kappa shape index (κ2) is 10.9. The van der Waals surface area contributed by atoms with E-state index in [1.165, 1.54) is 18.4 Å². The maximum atomic E-state index is 12.3. The largest absolute Gasteiger partial charge is 0.496 e. The Hall–Kier alpha value is -3.19. The van der Waals surface area contributed by atoms with Crippen molar-refractivity contribution in [3.05, 3.63) is 66.1 Å². The van der Waals surface area contributed by atoms with Crippen molar-refractivity contribution in [2.45, 2.75) is 31.6 Å². The van der Waals surface area contributed by atoms with E-state index >= 15 is 0 Å². The number of aromatic nitrogens is 2. The van der Waals surface area contributed by atoms with Gasteiger partial charge in [0.2, 0.25) is 17.6 Å². The zero-order chi connectivity index (χ0) is 22.2. The van der Waals surface area contributed by atoms with Crippen LogP contribution in [-0.2, 0) is 11.2 Å². The summed E-state index contributed by atoms with van der Waals surface area (Å²) in [7, 11) is 1.61. The molecule has 3 aromatic rings. The number of likely N-dealkylation sites (tertiary alicyclic amines) is 1. The first kappa shape index (κ1) is 22.0. The van der Waals surface area contributed by atoms with Crippen LogP contribution in [0.1, 0.15) is 36.6 Å². The summed E-state index contributed by atoms with van der Waals surface area (Å²) in [4.78, 5) is 19.1. The standard InChI is InChI=1S/C25H30N4O3/c1-31-22-12-6-5-11-21(22)25-27-24(32-28-25)14-13-23(30)26-15-17-29-16-7-10-20(18-29)19-8-3-2-4-9-19/h2-6,8-9,11-12,20H,7,10,13-18H2,1H3,(H,26,30). The Labute approximate surface area is 188 Å². The first-order valence-corrected chi connectivity index (χ1v) is 11.2. The molecule has 0 bridgehead atoms. The van der Waals surface area contributed by atoms with Crippen molar-refractivity contribution in [3.8, 4) is 17.1 Å². The van der Waals surface area contributed by atoms with Gasteiger partial charge in [0.25, 0.3) is 0 Å². The summed E-state index contributed by atoms with van der Waals surface area (Å²) in [6.45, 7) is 3.66. The number of hydrogen-bond donors (Lipinski definition) is 1. The maximum Gasteiger partial charge on any atom is 0.227 e. The highest BCUT2D eigenvalue weighted by Crippen LogP contribution is 2.27. The second-order valence-electron chi connectivity index (χ2n) is 8.11. The fraction of sp³-hybridized carbons (Fsp3) is 0.400. The number of aryl methyl sites for hydroxylation is 1. The molecular weight excluding hydrogens is 404 g/mol. The first-order valence-electron chi connectivity index (χ1n) is 11.2. The molecule has 1 amide bonds. The van der Waals surface area contributed by atoms with E-state index in [-0.39, 0.29) is 5.91 Å². The predicted molar refractivity (Wildman–Crippen MR) is 122 cm³/mol. The van der Waals surface area contributed by atoms with E-state index in [9.17, 15) is 4.79 Å². The number of nitrogens with one attached hydrogen (secondary N) is 1. The highest BCUT2D eigenvalue weighted by atomic mass is 16.5. The second-order valence-corrected chi connectivity index (χ2v) is 8.11. The summed E-state index contributed by atoms with van der Waals surface area (Å²) in [6, 6.07) is 18.2. The first-order chi connectivity index (χ1) is 15.7. The number of rotatable bonds is 9. The molecule has 1 N–H and O–H groups in total. The number of carbonyl (C=O) groups is 1. The molecule has 0 radical (unpaired) electrons. The molecule has 2 aromatic carbocycles. The monoisotopic (exact) mass is 434 g/mol. The quantitative estimate of drug-likeness (QED) is 0.553. The van der Waals surface area contributed by atoms with Gasteiger partial charge >= 0.3 is 0 Å². The minimum absolute atomic E-state index is 0.00124. The van der Waals surface area contributed by atoms with Crippen LogP contribution in [0.5, 0.6) is 5.75 Å². The van der Waals surface area contributed by atoms with Gasteiger partial charge < -0.3 is 19.5 Å². The molecule has 1 unspecified atom stereocenters. The van der Waals surface area contributed by atoms with Crippen LogP contribution in [0.25, 0.3) is 11.4 Å². The lowest BCUT2D eigenvalue weighted by Crippen LogP contribution is -2.40. The van der Waals surface area contributed by atoms with Crippen molar-refractivity contribution in [1.82, 2.24) is 20.4 Å². The minimum Gasteiger partial charge on any atom is -0.496 e. The van der Waals surface area contributed by atoms with Gasteiger partial charge in [-0.3, -0.25) is 4.79 Å². The molecule has 1 fully saturated rings. The van der Waals surface area contributed by atoms with E-state index in [4.69, 9.17) is 9.26 Å². The van der Waals surface area contributed by atoms with Gasteiger partial charge in [-0.2, -0.15) is 4.98 Å². The lowest BCUT2D eigenvalue weighted by atomic mass is 9.91. The number of methoxy groups -OCH3 is 1. The van der Waals surface area contributed by atoms with Gasteiger partial charge in [-0.05, 0) is 43.0 Å². The Kier molecular flexibility index (Phi) is 7.51. The Balaban J connectivity index is 1.19. The molecule has 168 valence electrons. The number of para-hydroxylation sites is 1. The third-order valence-corrected chi connectivity index (χ3v) is 5.91. The predicted octanol–water partition coefficient (Wildman–Crippen LogP) is 3.67. The Bertz CT molecular complexity index is 1010. The highest BCUT2D eigenvalue weighted by Gasteiger charge is 2.21. The minimum atomic E-state index is -0.00124. The molecule has 32 heavy (non-hydrogen) atoms. The lowest BCUT2D eigenvalue weighted by molar-refractivity contribution is -0.121. The smallest absolute Gasteiger partial charge is 0.227 e. The average Bonchev–Trinajstić information content (AvgIpc) is 3.32. The van der Waals surface area contributed by atoms with Crippen molar-refractivity contribution in [2.24, 2.45) is 0 Å². The molecule has 4 rings (SSSR count). The number of ether oxygens (including phenoxy) is 1. The summed E-state index contributed by atoms with van der Waals surface area (Å²) in [6.07, 6.45) is 3.15. The van der Waals surface area contributed by atoms with Crippen LogP contribution in [0.15, 0.2) is 59.1 Å².